The molecule has 0 saturated carbocycles. The monoisotopic (exact) mass is 454 g/mol. The van der Waals surface area contributed by atoms with Crippen molar-refractivity contribution in [1.82, 2.24) is 4.90 Å². The molecule has 0 bridgehead atoms. The molecule has 0 aliphatic carbocycles. The fourth-order valence-electron chi connectivity index (χ4n) is 5.23. The minimum absolute atomic E-state index is 0.0356. The number of ketones is 1. The van der Waals surface area contributed by atoms with E-state index >= 15 is 0 Å². The van der Waals surface area contributed by atoms with Crippen LogP contribution in [0.1, 0.15) is 41.6 Å². The van der Waals surface area contributed by atoms with Gasteiger partial charge in [-0.15, -0.1) is 0 Å². The summed E-state index contributed by atoms with van der Waals surface area (Å²) in [4.78, 5) is 28.1. The molecule has 0 N–H and O–H groups in total. The summed E-state index contributed by atoms with van der Waals surface area (Å²) >= 11 is 0. The number of piperidine rings is 1. The van der Waals surface area contributed by atoms with Crippen LogP contribution in [0, 0.1) is 17.2 Å². The van der Waals surface area contributed by atoms with Crippen molar-refractivity contribution < 1.29 is 19.1 Å². The number of benzene rings is 3. The van der Waals surface area contributed by atoms with Crippen molar-refractivity contribution in [2.24, 2.45) is 5.92 Å². The number of fused-ring (bicyclic) bond motifs is 3. The van der Waals surface area contributed by atoms with Crippen LogP contribution in [0.2, 0.25) is 0 Å². The molecular formula is C28H26N2O4. The summed E-state index contributed by atoms with van der Waals surface area (Å²) in [7, 11) is 0. The van der Waals surface area contributed by atoms with Crippen molar-refractivity contribution in [3.05, 3.63) is 77.9 Å². The van der Waals surface area contributed by atoms with Gasteiger partial charge in [0.25, 0.3) is 0 Å². The van der Waals surface area contributed by atoms with Crippen LogP contribution in [0.3, 0.4) is 0 Å². The second kappa shape index (κ2) is 9.18. The highest BCUT2D eigenvalue weighted by Crippen LogP contribution is 2.46. The smallest absolute Gasteiger partial charge is 0.410 e. The number of hydrogen-bond donors (Lipinski definition) is 0. The van der Waals surface area contributed by atoms with Crippen LogP contribution in [-0.2, 0) is 11.3 Å². The lowest BCUT2D eigenvalue weighted by molar-refractivity contribution is -0.0441. The number of carbonyl (C=O) groups is 2. The highest BCUT2D eigenvalue weighted by atomic mass is 16.6. The summed E-state index contributed by atoms with van der Waals surface area (Å²) in [6.45, 7) is 1.10. The first-order valence-electron chi connectivity index (χ1n) is 11.7. The van der Waals surface area contributed by atoms with Gasteiger partial charge in [-0.05, 0) is 28.8 Å². The number of rotatable bonds is 4. The first-order valence-corrected chi connectivity index (χ1v) is 11.7. The highest BCUT2D eigenvalue weighted by molar-refractivity contribution is 6.12. The van der Waals surface area contributed by atoms with Crippen LogP contribution in [0.4, 0.5) is 4.79 Å². The van der Waals surface area contributed by atoms with Crippen LogP contribution in [0.5, 0.6) is 5.75 Å². The van der Waals surface area contributed by atoms with E-state index in [1.54, 1.807) is 4.90 Å². The van der Waals surface area contributed by atoms with Crippen LogP contribution in [0.25, 0.3) is 10.8 Å². The Morgan fingerprint density at radius 1 is 1.06 bits per heavy atom. The lowest BCUT2D eigenvalue weighted by Gasteiger charge is -2.48. The van der Waals surface area contributed by atoms with Crippen molar-refractivity contribution in [3.63, 3.8) is 0 Å². The molecule has 172 valence electrons. The predicted molar refractivity (Wildman–Crippen MR) is 127 cm³/mol. The summed E-state index contributed by atoms with van der Waals surface area (Å²) in [5, 5.41) is 11.1. The van der Waals surface area contributed by atoms with E-state index in [1.807, 2.05) is 66.7 Å². The van der Waals surface area contributed by atoms with Gasteiger partial charge in [-0.1, -0.05) is 60.7 Å². The van der Waals surface area contributed by atoms with Crippen molar-refractivity contribution in [2.75, 3.05) is 13.1 Å². The zero-order valence-corrected chi connectivity index (χ0v) is 18.9. The van der Waals surface area contributed by atoms with E-state index < -0.39 is 11.5 Å². The Morgan fingerprint density at radius 3 is 2.56 bits per heavy atom. The topological polar surface area (TPSA) is 79.6 Å². The molecule has 3 aromatic rings. The molecule has 0 aromatic heterocycles. The molecule has 1 unspecified atom stereocenters. The maximum Gasteiger partial charge on any atom is 0.410 e. The number of ether oxygens (including phenoxy) is 2. The third-order valence-electron chi connectivity index (χ3n) is 7.02. The Labute approximate surface area is 198 Å². The fraction of sp³-hybridized carbons (Fsp3) is 0.321. The number of Topliss-reactive ketones (excluding diaryl/α,β-unsaturated/α-hetero) is 1. The summed E-state index contributed by atoms with van der Waals surface area (Å²) in [5.74, 6) is 0.207. The number of nitrogens with zero attached hydrogens (tertiary/aromatic N) is 2. The Balaban J connectivity index is 1.36. The molecule has 6 heteroatoms. The van der Waals surface area contributed by atoms with E-state index in [0.717, 1.165) is 16.3 Å². The standard InChI is InChI=1S/C28H26N2O4/c29-16-6-11-23-26(31)25-22-10-5-4-9-21(22)12-13-24(25)34-28(23)14-17-30(18-15-28)27(32)33-19-20-7-2-1-3-8-20/h1-5,7-10,12-13,23H,6,11,14-15,17-19H2. The van der Waals surface area contributed by atoms with Crippen molar-refractivity contribution in [1.29, 1.82) is 5.26 Å². The summed E-state index contributed by atoms with van der Waals surface area (Å²) in [5.41, 5.74) is 0.821. The fourth-order valence-corrected chi connectivity index (χ4v) is 5.23. The van der Waals surface area contributed by atoms with Gasteiger partial charge in [0.15, 0.2) is 5.78 Å². The number of nitriles is 1. The third-order valence-corrected chi connectivity index (χ3v) is 7.02. The second-order valence-corrected chi connectivity index (χ2v) is 8.97. The zero-order chi connectivity index (χ0) is 23.5. The van der Waals surface area contributed by atoms with Gasteiger partial charge in [0.1, 0.15) is 18.0 Å². The van der Waals surface area contributed by atoms with Gasteiger partial charge in [0, 0.05) is 32.4 Å². The number of amides is 1. The van der Waals surface area contributed by atoms with Crippen molar-refractivity contribution >= 4 is 22.6 Å². The van der Waals surface area contributed by atoms with Crippen LogP contribution >= 0.6 is 0 Å². The molecule has 3 aromatic carbocycles. The number of hydrogen-bond acceptors (Lipinski definition) is 5. The average molecular weight is 455 g/mol. The van der Waals surface area contributed by atoms with E-state index in [9.17, 15) is 14.9 Å². The first-order chi connectivity index (χ1) is 16.6. The molecular weight excluding hydrogens is 428 g/mol. The van der Waals surface area contributed by atoms with E-state index in [2.05, 4.69) is 6.07 Å². The van der Waals surface area contributed by atoms with Crippen LogP contribution < -0.4 is 4.74 Å². The Morgan fingerprint density at radius 2 is 1.79 bits per heavy atom. The maximum atomic E-state index is 13.8. The van der Waals surface area contributed by atoms with Crippen LogP contribution in [0.15, 0.2) is 66.7 Å². The minimum Gasteiger partial charge on any atom is -0.486 e. The van der Waals surface area contributed by atoms with Crippen molar-refractivity contribution in [3.8, 4) is 11.8 Å². The normalized spacial score (nSPS) is 18.7. The van der Waals surface area contributed by atoms with Gasteiger partial charge in [-0.2, -0.15) is 5.26 Å². The Kier molecular flexibility index (Phi) is 5.93. The lowest BCUT2D eigenvalue weighted by atomic mass is 9.71. The predicted octanol–water partition coefficient (Wildman–Crippen LogP) is 5.51. The summed E-state index contributed by atoms with van der Waals surface area (Å²) in [6, 6.07) is 23.4. The van der Waals surface area contributed by atoms with Gasteiger partial charge in [0.05, 0.1) is 17.6 Å². The second-order valence-electron chi connectivity index (χ2n) is 8.97. The molecule has 2 heterocycles. The van der Waals surface area contributed by atoms with Crippen molar-refractivity contribution in [2.45, 2.75) is 37.9 Å². The summed E-state index contributed by atoms with van der Waals surface area (Å²) < 4.78 is 12.1. The first kappa shape index (κ1) is 22.0. The van der Waals surface area contributed by atoms with Gasteiger partial charge < -0.3 is 14.4 Å². The molecule has 5 rings (SSSR count). The third kappa shape index (κ3) is 3.99. The van der Waals surface area contributed by atoms with Gasteiger partial charge in [-0.25, -0.2) is 4.79 Å². The van der Waals surface area contributed by atoms with Crippen LogP contribution in [-0.4, -0.2) is 35.5 Å². The molecule has 1 spiro atoms. The zero-order valence-electron chi connectivity index (χ0n) is 18.9. The minimum atomic E-state index is -0.723. The Bertz CT molecular complexity index is 1260. The van der Waals surface area contributed by atoms with E-state index in [1.165, 1.54) is 0 Å². The quantitative estimate of drug-likeness (QED) is 0.520. The van der Waals surface area contributed by atoms with Gasteiger partial charge in [0.2, 0.25) is 0 Å². The highest BCUT2D eigenvalue weighted by Gasteiger charge is 2.51. The van der Waals surface area contributed by atoms with Gasteiger partial charge in [-0.3, -0.25) is 4.79 Å². The molecule has 0 radical (unpaired) electrons. The van der Waals surface area contributed by atoms with Gasteiger partial charge >= 0.3 is 6.09 Å². The summed E-state index contributed by atoms with van der Waals surface area (Å²) in [6.07, 6.45) is 1.39. The SMILES string of the molecule is N#CCCC1C(=O)c2c(ccc3ccccc23)OC12CCN(C(=O)OCc1ccccc1)CC2. The maximum absolute atomic E-state index is 13.8. The average Bonchev–Trinajstić information content (AvgIpc) is 2.88. The van der Waals surface area contributed by atoms with E-state index in [-0.39, 0.29) is 24.9 Å². The Hall–Kier alpha value is -3.85. The van der Waals surface area contributed by atoms with E-state index in [4.69, 9.17) is 9.47 Å². The molecule has 1 atom stereocenters. The lowest BCUT2D eigenvalue weighted by Crippen LogP contribution is -2.57. The molecule has 2 aliphatic heterocycles. The number of carbonyl (C=O) groups excluding carboxylic acids is 2. The van der Waals surface area contributed by atoms with E-state index in [0.29, 0.717) is 43.7 Å². The molecule has 34 heavy (non-hydrogen) atoms. The molecule has 1 amide bonds. The molecule has 2 aliphatic rings. The molecule has 1 fully saturated rings. The largest absolute Gasteiger partial charge is 0.486 e. The molecule has 6 nitrogen and oxygen atoms in total. The molecule has 1 saturated heterocycles. The number of likely N-dealkylation sites (tertiary alicyclic amines) is 1.